The summed E-state index contributed by atoms with van der Waals surface area (Å²) in [6.07, 6.45) is 3.43. The maximum atomic E-state index is 3.43. The number of aryl methyl sites for hydroxylation is 1. The van der Waals surface area contributed by atoms with Crippen LogP contribution < -0.4 is 5.32 Å². The van der Waals surface area contributed by atoms with Gasteiger partial charge in [-0.3, -0.25) is 0 Å². The number of rotatable bonds is 5. The van der Waals surface area contributed by atoms with Crippen LogP contribution >= 0.6 is 0 Å². The molecule has 0 spiro atoms. The maximum absolute atomic E-state index is 3.43. The summed E-state index contributed by atoms with van der Waals surface area (Å²) in [5.74, 6) is 0. The summed E-state index contributed by atoms with van der Waals surface area (Å²) in [6.45, 7) is 12.1. The number of hydrogen-bond donors (Lipinski definition) is 1. The summed E-state index contributed by atoms with van der Waals surface area (Å²) >= 11 is 0. The van der Waals surface area contributed by atoms with Gasteiger partial charge in [0.05, 0.1) is 5.52 Å². The Hall–Kier alpha value is -1.28. The number of nitrogens with zero attached hydrogens (tertiary/aromatic N) is 1. The molecule has 0 amide bonds. The second-order valence-corrected chi connectivity index (χ2v) is 6.46. The molecule has 1 aromatic heterocycles. The van der Waals surface area contributed by atoms with Crippen molar-refractivity contribution >= 4 is 10.9 Å². The number of benzene rings is 1. The minimum Gasteiger partial charge on any atom is -0.347 e. The van der Waals surface area contributed by atoms with Gasteiger partial charge in [0.15, 0.2) is 0 Å². The first-order chi connectivity index (χ1) is 9.01. The van der Waals surface area contributed by atoms with E-state index in [1.54, 1.807) is 0 Å². The lowest BCUT2D eigenvalue weighted by molar-refractivity contribution is 0.353. The van der Waals surface area contributed by atoms with Crippen LogP contribution in [-0.4, -0.2) is 11.1 Å². The highest BCUT2D eigenvalue weighted by molar-refractivity contribution is 5.83. The molecule has 0 bridgehead atoms. The molecule has 2 nitrogen and oxygen atoms in total. The van der Waals surface area contributed by atoms with E-state index in [0.717, 1.165) is 19.6 Å². The fourth-order valence-electron chi connectivity index (χ4n) is 2.39. The van der Waals surface area contributed by atoms with Crippen molar-refractivity contribution in [3.63, 3.8) is 0 Å². The molecule has 0 aliphatic rings. The molecule has 1 heterocycles. The molecule has 0 atom stereocenters. The van der Waals surface area contributed by atoms with E-state index in [0.29, 0.717) is 5.41 Å². The molecular weight excluding hydrogens is 232 g/mol. The van der Waals surface area contributed by atoms with Crippen molar-refractivity contribution < 1.29 is 0 Å². The number of hydrogen-bond acceptors (Lipinski definition) is 1. The highest BCUT2D eigenvalue weighted by atomic mass is 15.0. The van der Waals surface area contributed by atoms with Gasteiger partial charge in [-0.2, -0.15) is 0 Å². The molecule has 19 heavy (non-hydrogen) atoms. The van der Waals surface area contributed by atoms with Crippen LogP contribution in [0.5, 0.6) is 0 Å². The zero-order chi connectivity index (χ0) is 13.9. The van der Waals surface area contributed by atoms with Crippen LogP contribution in [0, 0.1) is 5.41 Å². The van der Waals surface area contributed by atoms with Crippen molar-refractivity contribution in [2.75, 3.05) is 6.54 Å². The van der Waals surface area contributed by atoms with E-state index < -0.39 is 0 Å². The van der Waals surface area contributed by atoms with Gasteiger partial charge in [-0.05, 0) is 35.4 Å². The summed E-state index contributed by atoms with van der Waals surface area (Å²) in [5.41, 5.74) is 3.18. The first-order valence-corrected chi connectivity index (χ1v) is 7.29. The molecule has 1 aromatic carbocycles. The van der Waals surface area contributed by atoms with E-state index in [4.69, 9.17) is 0 Å². The fraction of sp³-hybridized carbons (Fsp3) is 0.529. The summed E-state index contributed by atoms with van der Waals surface area (Å²) in [4.78, 5) is 0. The van der Waals surface area contributed by atoms with E-state index in [9.17, 15) is 0 Å². The topological polar surface area (TPSA) is 17.0 Å². The monoisotopic (exact) mass is 258 g/mol. The highest BCUT2D eigenvalue weighted by Gasteiger charge is 2.12. The van der Waals surface area contributed by atoms with Gasteiger partial charge in [-0.15, -0.1) is 0 Å². The molecule has 0 aliphatic carbocycles. The molecule has 0 aliphatic heterocycles. The molecule has 0 saturated heterocycles. The first-order valence-electron chi connectivity index (χ1n) is 7.29. The molecule has 2 rings (SSSR count). The van der Waals surface area contributed by atoms with Crippen molar-refractivity contribution in [3.8, 4) is 0 Å². The standard InChI is InChI=1S/C17H26N2/c1-5-18-13-15-8-6-7-14-9-11-19(16(14)15)12-10-17(2,3)4/h6-9,11,18H,5,10,12-13H2,1-4H3. The Balaban J connectivity index is 2.28. The Bertz CT molecular complexity index is 532. The van der Waals surface area contributed by atoms with Crippen molar-refractivity contribution in [3.05, 3.63) is 36.0 Å². The number of aromatic nitrogens is 1. The van der Waals surface area contributed by atoms with Crippen LogP contribution in [-0.2, 0) is 13.1 Å². The normalized spacial score (nSPS) is 12.2. The molecule has 1 N–H and O–H groups in total. The van der Waals surface area contributed by atoms with Crippen LogP contribution in [0.1, 0.15) is 39.7 Å². The summed E-state index contributed by atoms with van der Waals surface area (Å²) in [7, 11) is 0. The highest BCUT2D eigenvalue weighted by Crippen LogP contribution is 2.24. The van der Waals surface area contributed by atoms with E-state index >= 15 is 0 Å². The van der Waals surface area contributed by atoms with Gasteiger partial charge < -0.3 is 9.88 Å². The third-order valence-corrected chi connectivity index (χ3v) is 3.54. The minimum atomic E-state index is 0.382. The van der Waals surface area contributed by atoms with E-state index in [1.165, 1.54) is 22.9 Å². The van der Waals surface area contributed by atoms with E-state index in [-0.39, 0.29) is 0 Å². The van der Waals surface area contributed by atoms with Crippen LogP contribution in [0.15, 0.2) is 30.5 Å². The molecular formula is C17H26N2. The SMILES string of the molecule is CCNCc1cccc2ccn(CCC(C)(C)C)c12. The number of para-hydroxylation sites is 1. The summed E-state index contributed by atoms with van der Waals surface area (Å²) in [6, 6.07) is 8.83. The van der Waals surface area contributed by atoms with E-state index in [1.807, 2.05) is 0 Å². The Morgan fingerprint density at radius 2 is 1.95 bits per heavy atom. The van der Waals surface area contributed by atoms with Gasteiger partial charge >= 0.3 is 0 Å². The average molecular weight is 258 g/mol. The molecule has 0 unspecified atom stereocenters. The third kappa shape index (κ3) is 3.60. The van der Waals surface area contributed by atoms with Crippen LogP contribution in [0.2, 0.25) is 0 Å². The third-order valence-electron chi connectivity index (χ3n) is 3.54. The Kier molecular flexibility index (Phi) is 4.31. The molecule has 0 fully saturated rings. The Labute approximate surface area is 116 Å². The molecule has 2 heteroatoms. The van der Waals surface area contributed by atoms with E-state index in [2.05, 4.69) is 68.0 Å². The van der Waals surface area contributed by atoms with Crippen LogP contribution in [0.3, 0.4) is 0 Å². The largest absolute Gasteiger partial charge is 0.347 e. The van der Waals surface area contributed by atoms with Crippen LogP contribution in [0.25, 0.3) is 10.9 Å². The Morgan fingerprint density at radius 1 is 1.16 bits per heavy atom. The van der Waals surface area contributed by atoms with Crippen molar-refractivity contribution in [2.24, 2.45) is 5.41 Å². The van der Waals surface area contributed by atoms with Gasteiger partial charge in [0, 0.05) is 19.3 Å². The Morgan fingerprint density at radius 3 is 2.63 bits per heavy atom. The number of nitrogens with one attached hydrogen (secondary N) is 1. The minimum absolute atomic E-state index is 0.382. The van der Waals surface area contributed by atoms with Gasteiger partial charge in [-0.25, -0.2) is 0 Å². The molecule has 0 saturated carbocycles. The van der Waals surface area contributed by atoms with Crippen molar-refractivity contribution in [1.29, 1.82) is 0 Å². The zero-order valence-electron chi connectivity index (χ0n) is 12.7. The van der Waals surface area contributed by atoms with Crippen molar-refractivity contribution in [1.82, 2.24) is 9.88 Å². The predicted octanol–water partition coefficient (Wildman–Crippen LogP) is 4.19. The summed E-state index contributed by atoms with van der Waals surface area (Å²) in [5, 5.41) is 4.78. The maximum Gasteiger partial charge on any atom is 0.0525 e. The average Bonchev–Trinajstić information content (AvgIpc) is 2.77. The summed E-state index contributed by atoms with van der Waals surface area (Å²) < 4.78 is 2.41. The predicted molar refractivity (Wildman–Crippen MR) is 83.4 cm³/mol. The molecule has 0 radical (unpaired) electrons. The molecule has 2 aromatic rings. The van der Waals surface area contributed by atoms with Gasteiger partial charge in [0.25, 0.3) is 0 Å². The molecule has 104 valence electrons. The lowest BCUT2D eigenvalue weighted by Gasteiger charge is -2.19. The van der Waals surface area contributed by atoms with Gasteiger partial charge in [-0.1, -0.05) is 45.9 Å². The van der Waals surface area contributed by atoms with Gasteiger partial charge in [0.2, 0.25) is 0 Å². The number of fused-ring (bicyclic) bond motifs is 1. The zero-order valence-corrected chi connectivity index (χ0v) is 12.7. The smallest absolute Gasteiger partial charge is 0.0525 e. The fourth-order valence-corrected chi connectivity index (χ4v) is 2.39. The van der Waals surface area contributed by atoms with Crippen molar-refractivity contribution in [2.45, 2.75) is 47.2 Å². The lowest BCUT2D eigenvalue weighted by Crippen LogP contribution is -2.14. The van der Waals surface area contributed by atoms with Gasteiger partial charge in [0.1, 0.15) is 0 Å². The second kappa shape index (κ2) is 5.79. The quantitative estimate of drug-likeness (QED) is 0.851. The van der Waals surface area contributed by atoms with Crippen LogP contribution in [0.4, 0.5) is 0 Å². The lowest BCUT2D eigenvalue weighted by atomic mass is 9.92. The second-order valence-electron chi connectivity index (χ2n) is 6.46. The first kappa shape index (κ1) is 14.1.